The summed E-state index contributed by atoms with van der Waals surface area (Å²) < 4.78 is 0. The molecule has 0 saturated heterocycles. The third-order valence-electron chi connectivity index (χ3n) is 2.32. The van der Waals surface area contributed by atoms with E-state index in [0.717, 1.165) is 0 Å². The van der Waals surface area contributed by atoms with Crippen molar-refractivity contribution in [2.45, 2.75) is 58.3 Å². The number of halogens is 1. The first kappa shape index (κ1) is 13.9. The summed E-state index contributed by atoms with van der Waals surface area (Å²) in [6, 6.07) is 0. The minimum Gasteiger partial charge on any atom is -0.0654 e. The van der Waals surface area contributed by atoms with Crippen LogP contribution >= 0.6 is 22.1 Å². The molecule has 0 amide bonds. The van der Waals surface area contributed by atoms with E-state index in [0.29, 0.717) is 0 Å². The van der Waals surface area contributed by atoms with E-state index in [-0.39, 0.29) is 6.62 Å². The number of unbranched alkanes of at least 4 members (excludes halogenated alkanes) is 7. The topological polar surface area (TPSA) is 0 Å². The highest BCUT2D eigenvalue weighted by Crippen LogP contribution is 2.40. The molecule has 0 rings (SSSR count). The van der Waals surface area contributed by atoms with E-state index in [4.69, 9.17) is 0 Å². The molecule has 2 heteroatoms. The van der Waals surface area contributed by atoms with Gasteiger partial charge in [0.1, 0.15) is 0 Å². The Kier molecular flexibility index (Phi) is 11.8. The van der Waals surface area contributed by atoms with E-state index >= 15 is 0 Å². The van der Waals surface area contributed by atoms with Crippen LogP contribution in [-0.2, 0) is 0 Å². The molecule has 0 bridgehead atoms. The van der Waals surface area contributed by atoms with Crippen LogP contribution in [0.5, 0.6) is 0 Å². The van der Waals surface area contributed by atoms with Crippen molar-refractivity contribution >= 4 is 22.1 Å². The molecule has 0 aromatic carbocycles. The van der Waals surface area contributed by atoms with Gasteiger partial charge in [-0.3, -0.25) is 0 Å². The van der Waals surface area contributed by atoms with Gasteiger partial charge in [-0.05, 0) is 25.9 Å². The summed E-state index contributed by atoms with van der Waals surface area (Å²) in [5, 5.41) is 0. The maximum atomic E-state index is 3.64. The Morgan fingerprint density at radius 2 is 1.31 bits per heavy atom. The first-order valence-corrected chi connectivity index (χ1v) is 9.63. The zero-order valence-corrected chi connectivity index (χ0v) is 11.7. The van der Waals surface area contributed by atoms with Gasteiger partial charge in [0.15, 0.2) is 0 Å². The van der Waals surface area contributed by atoms with Crippen molar-refractivity contribution < 1.29 is 0 Å². The van der Waals surface area contributed by atoms with E-state index in [9.17, 15) is 0 Å². The molecule has 0 N–H and O–H groups in total. The SMILES string of the molecule is CCCCCCCCCCP(C)Br. The quantitative estimate of drug-likeness (QED) is 0.379. The Morgan fingerprint density at radius 1 is 0.846 bits per heavy atom. The Labute approximate surface area is 93.4 Å². The minimum atomic E-state index is 0.182. The van der Waals surface area contributed by atoms with Gasteiger partial charge in [-0.15, -0.1) is 0 Å². The molecule has 0 nitrogen and oxygen atoms in total. The Hall–Kier alpha value is 0.910. The lowest BCUT2D eigenvalue weighted by atomic mass is 10.1. The van der Waals surface area contributed by atoms with Crippen molar-refractivity contribution in [2.75, 3.05) is 12.8 Å². The predicted octanol–water partition coefficient (Wildman–Crippen LogP) is 5.55. The van der Waals surface area contributed by atoms with Crippen LogP contribution in [-0.4, -0.2) is 12.8 Å². The van der Waals surface area contributed by atoms with Crippen molar-refractivity contribution in [1.29, 1.82) is 0 Å². The lowest BCUT2D eigenvalue weighted by Gasteiger charge is -2.03. The van der Waals surface area contributed by atoms with Gasteiger partial charge in [0.2, 0.25) is 0 Å². The fraction of sp³-hybridized carbons (Fsp3) is 1.00. The van der Waals surface area contributed by atoms with E-state index in [1.54, 1.807) is 0 Å². The van der Waals surface area contributed by atoms with Gasteiger partial charge in [-0.1, -0.05) is 67.4 Å². The third-order valence-corrected chi connectivity index (χ3v) is 4.32. The summed E-state index contributed by atoms with van der Waals surface area (Å²) >= 11 is 3.64. The monoisotopic (exact) mass is 266 g/mol. The molecule has 0 aliphatic carbocycles. The van der Waals surface area contributed by atoms with Crippen molar-refractivity contribution in [3.05, 3.63) is 0 Å². The summed E-state index contributed by atoms with van der Waals surface area (Å²) in [5.41, 5.74) is 0. The molecule has 0 aromatic heterocycles. The fourth-order valence-electron chi connectivity index (χ4n) is 1.46. The lowest BCUT2D eigenvalue weighted by Crippen LogP contribution is -1.82. The fourth-order valence-corrected chi connectivity index (χ4v) is 2.88. The Balaban J connectivity index is 2.84. The van der Waals surface area contributed by atoms with Gasteiger partial charge in [0.25, 0.3) is 0 Å². The van der Waals surface area contributed by atoms with Gasteiger partial charge in [-0.2, -0.15) is 0 Å². The lowest BCUT2D eigenvalue weighted by molar-refractivity contribution is 0.586. The van der Waals surface area contributed by atoms with E-state index in [1.165, 1.54) is 57.5 Å². The van der Waals surface area contributed by atoms with Crippen molar-refractivity contribution in [3.8, 4) is 0 Å². The van der Waals surface area contributed by atoms with E-state index in [2.05, 4.69) is 29.1 Å². The van der Waals surface area contributed by atoms with Crippen LogP contribution in [0.2, 0.25) is 0 Å². The highest BCUT2D eigenvalue weighted by molar-refractivity contribution is 9.39. The summed E-state index contributed by atoms with van der Waals surface area (Å²) in [6.07, 6.45) is 12.9. The second kappa shape index (κ2) is 11.0. The zero-order chi connectivity index (χ0) is 9.94. The molecule has 1 unspecified atom stereocenters. The Bertz CT molecular complexity index is 94.1. The number of rotatable bonds is 9. The summed E-state index contributed by atoms with van der Waals surface area (Å²) in [6.45, 7) is 4.76. The average Bonchev–Trinajstić information content (AvgIpc) is 2.09. The molecular weight excluding hydrogens is 243 g/mol. The van der Waals surface area contributed by atoms with Crippen LogP contribution in [0.3, 0.4) is 0 Å². The van der Waals surface area contributed by atoms with E-state index in [1.807, 2.05) is 0 Å². The van der Waals surface area contributed by atoms with Crippen LogP contribution in [0.15, 0.2) is 0 Å². The second-order valence-electron chi connectivity index (χ2n) is 3.80. The number of hydrogen-bond donors (Lipinski definition) is 0. The minimum absolute atomic E-state index is 0.182. The molecule has 80 valence electrons. The molecule has 1 atom stereocenters. The predicted molar refractivity (Wildman–Crippen MR) is 69.2 cm³/mol. The van der Waals surface area contributed by atoms with Gasteiger partial charge in [0, 0.05) is 0 Å². The van der Waals surface area contributed by atoms with Crippen LogP contribution in [0.4, 0.5) is 0 Å². The van der Waals surface area contributed by atoms with Gasteiger partial charge in [0.05, 0.1) is 0 Å². The molecular formula is C11H24BrP. The van der Waals surface area contributed by atoms with Crippen LogP contribution in [0.1, 0.15) is 58.3 Å². The van der Waals surface area contributed by atoms with Gasteiger partial charge in [-0.25, -0.2) is 0 Å². The normalized spacial score (nSPS) is 13.2. The Morgan fingerprint density at radius 3 is 1.77 bits per heavy atom. The smallest absolute Gasteiger partial charge is 0.0230 e. The van der Waals surface area contributed by atoms with Crippen LogP contribution in [0.25, 0.3) is 0 Å². The largest absolute Gasteiger partial charge is 0.0654 e. The third kappa shape index (κ3) is 12.9. The summed E-state index contributed by atoms with van der Waals surface area (Å²) in [7, 11) is 0. The van der Waals surface area contributed by atoms with Gasteiger partial charge >= 0.3 is 0 Å². The highest BCUT2D eigenvalue weighted by atomic mass is 79.9. The molecule has 0 spiro atoms. The molecule has 0 saturated carbocycles. The zero-order valence-electron chi connectivity index (χ0n) is 9.19. The summed E-state index contributed by atoms with van der Waals surface area (Å²) in [5.74, 6) is 0. The van der Waals surface area contributed by atoms with Crippen LogP contribution < -0.4 is 0 Å². The van der Waals surface area contributed by atoms with E-state index < -0.39 is 0 Å². The molecule has 0 radical (unpaired) electrons. The molecule has 0 aromatic rings. The first-order valence-electron chi connectivity index (χ1n) is 5.64. The molecule has 0 fully saturated rings. The highest BCUT2D eigenvalue weighted by Gasteiger charge is 1.95. The average molecular weight is 267 g/mol. The molecule has 0 heterocycles. The molecule has 0 aliphatic heterocycles. The van der Waals surface area contributed by atoms with Crippen LogP contribution in [0, 0.1) is 0 Å². The van der Waals surface area contributed by atoms with Gasteiger partial charge < -0.3 is 0 Å². The number of hydrogen-bond acceptors (Lipinski definition) is 0. The molecule has 13 heavy (non-hydrogen) atoms. The first-order chi connectivity index (χ1) is 6.27. The maximum Gasteiger partial charge on any atom is -0.0230 e. The standard InChI is InChI=1S/C11H24BrP/c1-3-4-5-6-7-8-9-10-11-13(2)12/h3-11H2,1-2H3. The summed E-state index contributed by atoms with van der Waals surface area (Å²) in [4.78, 5) is 0. The van der Waals surface area contributed by atoms with Crippen molar-refractivity contribution in [1.82, 2.24) is 0 Å². The molecule has 0 aliphatic rings. The van der Waals surface area contributed by atoms with Crippen molar-refractivity contribution in [2.24, 2.45) is 0 Å². The maximum absolute atomic E-state index is 3.64. The van der Waals surface area contributed by atoms with Crippen molar-refractivity contribution in [3.63, 3.8) is 0 Å². The second-order valence-corrected chi connectivity index (χ2v) is 9.09.